The Morgan fingerprint density at radius 1 is 1.00 bits per heavy atom. The maximum atomic E-state index is 11.3. The van der Waals surface area contributed by atoms with E-state index in [4.69, 9.17) is 9.47 Å². The zero-order chi connectivity index (χ0) is 13.4. The van der Waals surface area contributed by atoms with Gasteiger partial charge in [0.25, 0.3) is 0 Å². The molecule has 0 unspecified atom stereocenters. The molecule has 0 radical (unpaired) electrons. The molecule has 0 aliphatic heterocycles. The summed E-state index contributed by atoms with van der Waals surface area (Å²) in [5.74, 6) is 0. The third kappa shape index (κ3) is 5.46. The highest BCUT2D eigenvalue weighted by Crippen LogP contribution is 2.27. The molecule has 0 heterocycles. The Hall–Kier alpha value is -1.14. The van der Waals surface area contributed by atoms with Crippen molar-refractivity contribution in [3.63, 3.8) is 0 Å². The molecule has 0 spiro atoms. The van der Waals surface area contributed by atoms with Gasteiger partial charge in [-0.25, -0.2) is 9.59 Å². The fourth-order valence-electron chi connectivity index (χ4n) is 1.09. The first-order valence-electron chi connectivity index (χ1n) is 5.45. The SMILES string of the molecule is CCOC(=O)Sc1cccc(SC(=O)OCC)c1. The number of carbonyl (C=O) groups is 2. The molecule has 0 aliphatic carbocycles. The molecule has 1 aromatic rings. The highest BCUT2D eigenvalue weighted by molar-refractivity contribution is 8.14. The summed E-state index contributed by atoms with van der Waals surface area (Å²) in [6, 6.07) is 7.11. The van der Waals surface area contributed by atoms with Crippen LogP contribution in [0, 0.1) is 0 Å². The van der Waals surface area contributed by atoms with Crippen LogP contribution in [0.2, 0.25) is 0 Å². The molecule has 0 aliphatic rings. The summed E-state index contributed by atoms with van der Waals surface area (Å²) in [6.07, 6.45) is 0. The topological polar surface area (TPSA) is 52.6 Å². The summed E-state index contributed by atoms with van der Waals surface area (Å²) in [5, 5.41) is -0.702. The zero-order valence-corrected chi connectivity index (χ0v) is 11.8. The number of benzene rings is 1. The van der Waals surface area contributed by atoms with Gasteiger partial charge in [0.2, 0.25) is 0 Å². The van der Waals surface area contributed by atoms with Gasteiger partial charge in [-0.05, 0) is 55.6 Å². The summed E-state index contributed by atoms with van der Waals surface area (Å²) >= 11 is 1.99. The van der Waals surface area contributed by atoms with Crippen LogP contribution in [-0.2, 0) is 9.47 Å². The first-order chi connectivity index (χ1) is 8.65. The molecule has 0 aromatic heterocycles. The fourth-order valence-corrected chi connectivity index (χ4v) is 2.57. The van der Waals surface area contributed by atoms with E-state index in [1.165, 1.54) is 0 Å². The summed E-state index contributed by atoms with van der Waals surface area (Å²) in [6.45, 7) is 4.21. The molecule has 18 heavy (non-hydrogen) atoms. The largest absolute Gasteiger partial charge is 0.458 e. The van der Waals surface area contributed by atoms with E-state index in [0.717, 1.165) is 33.3 Å². The van der Waals surface area contributed by atoms with E-state index in [1.807, 2.05) is 0 Å². The van der Waals surface area contributed by atoms with Gasteiger partial charge in [-0.2, -0.15) is 0 Å². The van der Waals surface area contributed by atoms with Gasteiger partial charge in [-0.3, -0.25) is 0 Å². The quantitative estimate of drug-likeness (QED) is 0.611. The minimum Gasteiger partial charge on any atom is -0.458 e. The number of hydrogen-bond donors (Lipinski definition) is 0. The lowest BCUT2D eigenvalue weighted by Gasteiger charge is -2.04. The summed E-state index contributed by atoms with van der Waals surface area (Å²) in [7, 11) is 0. The molecule has 0 saturated heterocycles. The van der Waals surface area contributed by atoms with E-state index < -0.39 is 0 Å². The number of hydrogen-bond acceptors (Lipinski definition) is 6. The van der Waals surface area contributed by atoms with E-state index in [0.29, 0.717) is 13.2 Å². The van der Waals surface area contributed by atoms with E-state index in [1.54, 1.807) is 38.1 Å². The second kappa shape index (κ2) is 8.05. The lowest BCUT2D eigenvalue weighted by atomic mass is 10.4. The first kappa shape index (κ1) is 14.9. The monoisotopic (exact) mass is 286 g/mol. The molecule has 6 heteroatoms. The minimum absolute atomic E-state index is 0.350. The molecular formula is C12H14O4S2. The molecule has 0 bridgehead atoms. The van der Waals surface area contributed by atoms with Gasteiger partial charge in [0.05, 0.1) is 13.2 Å². The molecule has 1 rings (SSSR count). The van der Waals surface area contributed by atoms with Crippen LogP contribution in [0.25, 0.3) is 0 Å². The van der Waals surface area contributed by atoms with Gasteiger partial charge in [-0.15, -0.1) is 0 Å². The Bertz CT molecular complexity index is 385. The van der Waals surface area contributed by atoms with Gasteiger partial charge in [0.1, 0.15) is 0 Å². The maximum Gasteiger partial charge on any atom is 0.372 e. The van der Waals surface area contributed by atoms with Gasteiger partial charge >= 0.3 is 10.6 Å². The van der Waals surface area contributed by atoms with Crippen LogP contribution >= 0.6 is 23.5 Å². The average Bonchev–Trinajstić information content (AvgIpc) is 2.29. The molecule has 1 aromatic carbocycles. The van der Waals surface area contributed by atoms with E-state index >= 15 is 0 Å². The van der Waals surface area contributed by atoms with Crippen molar-refractivity contribution in [2.75, 3.05) is 13.2 Å². The smallest absolute Gasteiger partial charge is 0.372 e. The average molecular weight is 286 g/mol. The fraction of sp³-hybridized carbons (Fsp3) is 0.333. The van der Waals surface area contributed by atoms with Crippen LogP contribution in [0.5, 0.6) is 0 Å². The van der Waals surface area contributed by atoms with Gasteiger partial charge < -0.3 is 9.47 Å². The van der Waals surface area contributed by atoms with Crippen LogP contribution in [0.4, 0.5) is 9.59 Å². The van der Waals surface area contributed by atoms with Crippen molar-refractivity contribution in [3.05, 3.63) is 24.3 Å². The van der Waals surface area contributed by atoms with Crippen LogP contribution in [0.1, 0.15) is 13.8 Å². The summed E-state index contributed by atoms with van der Waals surface area (Å²) in [5.41, 5.74) is 0. The van der Waals surface area contributed by atoms with Crippen molar-refractivity contribution in [2.45, 2.75) is 23.6 Å². The van der Waals surface area contributed by atoms with Crippen molar-refractivity contribution in [1.82, 2.24) is 0 Å². The lowest BCUT2D eigenvalue weighted by Crippen LogP contribution is -1.96. The highest BCUT2D eigenvalue weighted by Gasteiger charge is 2.08. The van der Waals surface area contributed by atoms with E-state index in [2.05, 4.69) is 0 Å². The van der Waals surface area contributed by atoms with Crippen molar-refractivity contribution in [2.24, 2.45) is 0 Å². The highest BCUT2D eigenvalue weighted by atomic mass is 32.2. The molecule has 0 fully saturated rings. The number of carbonyl (C=O) groups excluding carboxylic acids is 2. The van der Waals surface area contributed by atoms with Crippen LogP contribution in [-0.4, -0.2) is 23.8 Å². The third-order valence-corrected chi connectivity index (χ3v) is 3.28. The van der Waals surface area contributed by atoms with Crippen LogP contribution in [0.15, 0.2) is 34.1 Å². The second-order valence-electron chi connectivity index (χ2n) is 3.05. The Labute approximate surface area is 114 Å². The van der Waals surface area contributed by atoms with Gasteiger partial charge in [-0.1, -0.05) is 6.07 Å². The third-order valence-electron chi connectivity index (χ3n) is 1.73. The molecule has 4 nitrogen and oxygen atoms in total. The second-order valence-corrected chi connectivity index (χ2v) is 5.06. The van der Waals surface area contributed by atoms with E-state index in [-0.39, 0.29) is 10.6 Å². The molecule has 0 saturated carbocycles. The zero-order valence-electron chi connectivity index (χ0n) is 10.2. The Morgan fingerprint density at radius 3 is 1.83 bits per heavy atom. The van der Waals surface area contributed by atoms with E-state index in [9.17, 15) is 9.59 Å². The molecule has 0 N–H and O–H groups in total. The molecular weight excluding hydrogens is 272 g/mol. The van der Waals surface area contributed by atoms with Crippen molar-refractivity contribution >= 4 is 34.1 Å². The van der Waals surface area contributed by atoms with Crippen LogP contribution < -0.4 is 0 Å². The predicted molar refractivity (Wildman–Crippen MR) is 72.2 cm³/mol. The predicted octanol–water partition coefficient (Wildman–Crippen LogP) is 4.18. The van der Waals surface area contributed by atoms with Crippen molar-refractivity contribution in [1.29, 1.82) is 0 Å². The molecule has 0 amide bonds. The Balaban J connectivity index is 2.61. The Morgan fingerprint density at radius 2 is 1.44 bits per heavy atom. The summed E-state index contributed by atoms with van der Waals surface area (Å²) in [4.78, 5) is 24.1. The maximum absolute atomic E-state index is 11.3. The standard InChI is InChI=1S/C12H14O4S2/c1-3-15-11(13)17-9-6-5-7-10(8-9)18-12(14)16-4-2/h5-8H,3-4H2,1-2H3. The van der Waals surface area contributed by atoms with Crippen molar-refractivity contribution < 1.29 is 19.1 Å². The molecule has 0 atom stereocenters. The number of thioether (sulfide) groups is 2. The van der Waals surface area contributed by atoms with Crippen LogP contribution in [0.3, 0.4) is 0 Å². The molecule has 98 valence electrons. The van der Waals surface area contributed by atoms with Crippen molar-refractivity contribution in [3.8, 4) is 0 Å². The lowest BCUT2D eigenvalue weighted by molar-refractivity contribution is 0.180. The van der Waals surface area contributed by atoms with Gasteiger partial charge in [0.15, 0.2) is 0 Å². The van der Waals surface area contributed by atoms with Gasteiger partial charge in [0, 0.05) is 9.79 Å². The first-order valence-corrected chi connectivity index (χ1v) is 7.08. The normalized spacial score (nSPS) is 9.89. The Kier molecular flexibility index (Phi) is 6.67. The summed E-state index contributed by atoms with van der Waals surface area (Å²) < 4.78 is 9.66. The number of ether oxygens (including phenoxy) is 2. The minimum atomic E-state index is -0.351. The number of rotatable bonds is 4.